The van der Waals surface area contributed by atoms with Crippen molar-refractivity contribution in [1.82, 2.24) is 4.90 Å². The summed E-state index contributed by atoms with van der Waals surface area (Å²) in [4.78, 5) is 27.7. The number of likely N-dealkylation sites (tertiary alicyclic amines) is 1. The number of carbonyl (C=O) groups is 2. The number of hydrogen-bond donors (Lipinski definition) is 1. The average Bonchev–Trinajstić information content (AvgIpc) is 2.72. The van der Waals surface area contributed by atoms with E-state index in [0.717, 1.165) is 17.5 Å². The van der Waals surface area contributed by atoms with Crippen LogP contribution in [0.1, 0.15) is 34.3 Å². The van der Waals surface area contributed by atoms with Gasteiger partial charge in [-0.15, -0.1) is 0 Å². The van der Waals surface area contributed by atoms with Gasteiger partial charge in [-0.2, -0.15) is 0 Å². The summed E-state index contributed by atoms with van der Waals surface area (Å²) in [5, 5.41) is 3.28. The van der Waals surface area contributed by atoms with Crippen LogP contribution < -0.4 is 14.8 Å². The molecule has 0 aromatic heterocycles. The molecule has 0 saturated carbocycles. The SMILES string of the molecule is COc1cc(OC)c(NC(=O)[C@H]2CCCN(C(=O)c3cc(C)cc(C)c3)C2)cc1Cl. The van der Waals surface area contributed by atoms with Gasteiger partial charge >= 0.3 is 0 Å². The number of hydrogen-bond acceptors (Lipinski definition) is 4. The molecule has 0 spiro atoms. The second-order valence-corrected chi connectivity index (χ2v) is 8.05. The van der Waals surface area contributed by atoms with Crippen molar-refractivity contribution in [3.05, 3.63) is 52.0 Å². The minimum absolute atomic E-state index is 0.0376. The molecule has 0 bridgehead atoms. The second kappa shape index (κ2) is 9.39. The minimum atomic E-state index is -0.306. The fourth-order valence-electron chi connectivity index (χ4n) is 3.85. The Kier molecular flexibility index (Phi) is 6.87. The standard InChI is InChI=1S/C23H27ClN2O4/c1-14-8-15(2)10-17(9-14)23(28)26-7-5-6-16(13-26)22(27)25-19-11-18(24)20(29-3)12-21(19)30-4/h8-12,16H,5-7,13H2,1-4H3,(H,25,27)/t16-/m0/s1. The van der Waals surface area contributed by atoms with Gasteiger partial charge in [-0.3, -0.25) is 9.59 Å². The predicted octanol–water partition coefficient (Wildman–Crippen LogP) is 4.46. The normalized spacial score (nSPS) is 16.2. The van der Waals surface area contributed by atoms with E-state index < -0.39 is 0 Å². The van der Waals surface area contributed by atoms with Crippen LogP contribution in [0.2, 0.25) is 5.02 Å². The summed E-state index contributed by atoms with van der Waals surface area (Å²) in [5.74, 6) is 0.425. The number of amides is 2. The molecule has 0 aliphatic carbocycles. The molecule has 0 radical (unpaired) electrons. The van der Waals surface area contributed by atoms with Crippen molar-refractivity contribution in [3.63, 3.8) is 0 Å². The molecule has 2 aromatic rings. The Hall–Kier alpha value is -2.73. The number of halogens is 1. The van der Waals surface area contributed by atoms with Crippen LogP contribution in [0.15, 0.2) is 30.3 Å². The van der Waals surface area contributed by atoms with E-state index in [2.05, 4.69) is 5.32 Å². The Morgan fingerprint density at radius 1 is 1.03 bits per heavy atom. The van der Waals surface area contributed by atoms with E-state index in [4.69, 9.17) is 21.1 Å². The molecule has 7 heteroatoms. The van der Waals surface area contributed by atoms with E-state index in [-0.39, 0.29) is 17.7 Å². The van der Waals surface area contributed by atoms with Crippen molar-refractivity contribution in [2.24, 2.45) is 5.92 Å². The minimum Gasteiger partial charge on any atom is -0.495 e. The highest BCUT2D eigenvalue weighted by atomic mass is 35.5. The molecule has 2 amide bonds. The zero-order valence-electron chi connectivity index (χ0n) is 17.8. The van der Waals surface area contributed by atoms with E-state index in [1.165, 1.54) is 14.2 Å². The van der Waals surface area contributed by atoms with Gasteiger partial charge in [0.05, 0.1) is 30.8 Å². The molecule has 3 rings (SSSR count). The van der Waals surface area contributed by atoms with Gasteiger partial charge in [-0.05, 0) is 44.9 Å². The first kappa shape index (κ1) is 22.0. The number of anilines is 1. The first-order valence-electron chi connectivity index (χ1n) is 9.92. The third-order valence-electron chi connectivity index (χ3n) is 5.28. The smallest absolute Gasteiger partial charge is 0.253 e. The number of aryl methyl sites for hydroxylation is 2. The topological polar surface area (TPSA) is 67.9 Å². The largest absolute Gasteiger partial charge is 0.495 e. The number of ether oxygens (including phenoxy) is 2. The van der Waals surface area contributed by atoms with Crippen LogP contribution in [0.4, 0.5) is 5.69 Å². The predicted molar refractivity (Wildman–Crippen MR) is 118 cm³/mol. The van der Waals surface area contributed by atoms with Crippen molar-refractivity contribution in [1.29, 1.82) is 0 Å². The number of methoxy groups -OCH3 is 2. The Morgan fingerprint density at radius 2 is 1.70 bits per heavy atom. The first-order chi connectivity index (χ1) is 14.3. The zero-order chi connectivity index (χ0) is 21.8. The molecule has 0 unspecified atom stereocenters. The third-order valence-corrected chi connectivity index (χ3v) is 5.58. The van der Waals surface area contributed by atoms with Gasteiger partial charge in [0.15, 0.2) is 0 Å². The van der Waals surface area contributed by atoms with Crippen LogP contribution in [0.5, 0.6) is 11.5 Å². The Bertz CT molecular complexity index is 940. The number of nitrogens with one attached hydrogen (secondary N) is 1. The van der Waals surface area contributed by atoms with E-state index in [1.54, 1.807) is 17.0 Å². The maximum atomic E-state index is 13.0. The molecule has 6 nitrogen and oxygen atoms in total. The van der Waals surface area contributed by atoms with Crippen molar-refractivity contribution in [3.8, 4) is 11.5 Å². The number of nitrogens with zero attached hydrogens (tertiary/aromatic N) is 1. The highest BCUT2D eigenvalue weighted by Gasteiger charge is 2.29. The van der Waals surface area contributed by atoms with Crippen molar-refractivity contribution < 1.29 is 19.1 Å². The van der Waals surface area contributed by atoms with Crippen LogP contribution in [0.3, 0.4) is 0 Å². The Labute approximate surface area is 182 Å². The third kappa shape index (κ3) is 4.87. The van der Waals surface area contributed by atoms with Crippen molar-refractivity contribution >= 4 is 29.1 Å². The number of carbonyl (C=O) groups excluding carboxylic acids is 2. The summed E-state index contributed by atoms with van der Waals surface area (Å²) >= 11 is 6.20. The van der Waals surface area contributed by atoms with Crippen LogP contribution in [-0.2, 0) is 4.79 Å². The lowest BCUT2D eigenvalue weighted by Gasteiger charge is -2.32. The van der Waals surface area contributed by atoms with Crippen LogP contribution in [-0.4, -0.2) is 44.0 Å². The number of piperidine rings is 1. The summed E-state index contributed by atoms with van der Waals surface area (Å²) in [7, 11) is 3.03. The Morgan fingerprint density at radius 3 is 2.33 bits per heavy atom. The highest BCUT2D eigenvalue weighted by molar-refractivity contribution is 6.32. The highest BCUT2D eigenvalue weighted by Crippen LogP contribution is 2.36. The van der Waals surface area contributed by atoms with Crippen LogP contribution in [0.25, 0.3) is 0 Å². The molecule has 1 heterocycles. The van der Waals surface area contributed by atoms with Gasteiger partial charge in [-0.25, -0.2) is 0 Å². The lowest BCUT2D eigenvalue weighted by atomic mass is 9.96. The molecule has 1 atom stereocenters. The first-order valence-corrected chi connectivity index (χ1v) is 10.3. The molecule has 160 valence electrons. The quantitative estimate of drug-likeness (QED) is 0.760. The summed E-state index contributed by atoms with van der Waals surface area (Å²) in [6.07, 6.45) is 1.49. The molecule has 1 aliphatic heterocycles. The molecule has 1 fully saturated rings. The molecule has 1 saturated heterocycles. The number of benzene rings is 2. The maximum absolute atomic E-state index is 13.0. The fourth-order valence-corrected chi connectivity index (χ4v) is 4.09. The lowest BCUT2D eigenvalue weighted by molar-refractivity contribution is -0.121. The van der Waals surface area contributed by atoms with E-state index in [1.807, 2.05) is 32.0 Å². The van der Waals surface area contributed by atoms with Gasteiger partial charge in [0.1, 0.15) is 11.5 Å². The van der Waals surface area contributed by atoms with Crippen LogP contribution >= 0.6 is 11.6 Å². The lowest BCUT2D eigenvalue weighted by Crippen LogP contribution is -2.43. The summed E-state index contributed by atoms with van der Waals surface area (Å²) < 4.78 is 10.5. The van der Waals surface area contributed by atoms with Crippen LogP contribution in [0, 0.1) is 19.8 Å². The fraction of sp³-hybridized carbons (Fsp3) is 0.391. The second-order valence-electron chi connectivity index (χ2n) is 7.64. The van der Waals surface area contributed by atoms with E-state index >= 15 is 0 Å². The summed E-state index contributed by atoms with van der Waals surface area (Å²) in [6.45, 7) is 4.98. The molecular formula is C23H27ClN2O4. The molecule has 1 N–H and O–H groups in total. The van der Waals surface area contributed by atoms with Crippen molar-refractivity contribution in [2.75, 3.05) is 32.6 Å². The van der Waals surface area contributed by atoms with Gasteiger partial charge in [-0.1, -0.05) is 28.8 Å². The molecular weight excluding hydrogens is 404 g/mol. The van der Waals surface area contributed by atoms with Gasteiger partial charge in [0.25, 0.3) is 5.91 Å². The van der Waals surface area contributed by atoms with E-state index in [9.17, 15) is 9.59 Å². The molecule has 2 aromatic carbocycles. The summed E-state index contributed by atoms with van der Waals surface area (Å²) in [5.41, 5.74) is 3.24. The average molecular weight is 431 g/mol. The van der Waals surface area contributed by atoms with Gasteiger partial charge in [0.2, 0.25) is 5.91 Å². The molecule has 30 heavy (non-hydrogen) atoms. The maximum Gasteiger partial charge on any atom is 0.253 e. The van der Waals surface area contributed by atoms with Crippen molar-refractivity contribution in [2.45, 2.75) is 26.7 Å². The summed E-state index contributed by atoms with van der Waals surface area (Å²) in [6, 6.07) is 9.07. The Balaban J connectivity index is 1.73. The zero-order valence-corrected chi connectivity index (χ0v) is 18.5. The van der Waals surface area contributed by atoms with Gasteiger partial charge in [0, 0.05) is 24.7 Å². The van der Waals surface area contributed by atoms with E-state index in [0.29, 0.717) is 47.3 Å². The molecule has 1 aliphatic rings. The number of rotatable bonds is 5. The van der Waals surface area contributed by atoms with Gasteiger partial charge < -0.3 is 19.7 Å². The monoisotopic (exact) mass is 430 g/mol.